The number of amides is 2. The molecular weight excluding hydrogens is 322 g/mol. The summed E-state index contributed by atoms with van der Waals surface area (Å²) in [4.78, 5) is 29.1. The van der Waals surface area contributed by atoms with Crippen LogP contribution in [0.2, 0.25) is 0 Å². The molecule has 2 heterocycles. The van der Waals surface area contributed by atoms with Crippen molar-refractivity contribution >= 4 is 22.9 Å². The first-order chi connectivity index (χ1) is 12.1. The Balaban J connectivity index is 1.61. The van der Waals surface area contributed by atoms with Crippen molar-refractivity contribution < 1.29 is 19.1 Å². The van der Waals surface area contributed by atoms with E-state index < -0.39 is 0 Å². The summed E-state index contributed by atoms with van der Waals surface area (Å²) in [5.41, 5.74) is 1.48. The van der Waals surface area contributed by atoms with E-state index in [0.717, 1.165) is 29.5 Å². The molecule has 1 fully saturated rings. The summed E-state index contributed by atoms with van der Waals surface area (Å²) in [6, 6.07) is 5.64. The van der Waals surface area contributed by atoms with Crippen LogP contribution in [0.15, 0.2) is 24.4 Å². The first-order valence-corrected chi connectivity index (χ1v) is 8.50. The number of carbonyl (C=O) groups is 2. The van der Waals surface area contributed by atoms with Crippen LogP contribution in [0, 0.1) is 0 Å². The van der Waals surface area contributed by atoms with E-state index in [2.05, 4.69) is 10.3 Å². The topological polar surface area (TPSA) is 83.7 Å². The van der Waals surface area contributed by atoms with Crippen LogP contribution in [0.3, 0.4) is 0 Å². The van der Waals surface area contributed by atoms with Crippen LogP contribution in [-0.4, -0.2) is 54.7 Å². The van der Waals surface area contributed by atoms with Gasteiger partial charge in [-0.1, -0.05) is 0 Å². The Morgan fingerprint density at radius 3 is 2.76 bits per heavy atom. The highest BCUT2D eigenvalue weighted by atomic mass is 16.6. The van der Waals surface area contributed by atoms with Crippen molar-refractivity contribution in [3.63, 3.8) is 0 Å². The van der Waals surface area contributed by atoms with E-state index >= 15 is 0 Å². The average Bonchev–Trinajstić information content (AvgIpc) is 3.05. The van der Waals surface area contributed by atoms with Gasteiger partial charge >= 0.3 is 6.09 Å². The zero-order valence-corrected chi connectivity index (χ0v) is 14.5. The number of benzene rings is 1. The Bertz CT molecular complexity index is 763. The molecule has 0 atom stereocenters. The molecule has 1 aromatic carbocycles. The molecular formula is C18H23N3O4. The van der Waals surface area contributed by atoms with Gasteiger partial charge in [0.25, 0.3) is 5.91 Å². The number of methoxy groups -OCH3 is 1. The number of ether oxygens (including phenoxy) is 2. The molecule has 7 nitrogen and oxygen atoms in total. The first kappa shape index (κ1) is 17.1. The van der Waals surface area contributed by atoms with E-state index in [1.54, 1.807) is 25.1 Å². The Kier molecular flexibility index (Phi) is 5.11. The third-order valence-electron chi connectivity index (χ3n) is 4.49. The molecule has 0 bridgehead atoms. The highest BCUT2D eigenvalue weighted by molar-refractivity contribution is 6.07. The molecule has 1 aromatic heterocycles. The van der Waals surface area contributed by atoms with Gasteiger partial charge in [0.05, 0.1) is 19.3 Å². The smallest absolute Gasteiger partial charge is 0.409 e. The number of H-pyrrole nitrogens is 1. The molecule has 2 amide bonds. The molecule has 1 aliphatic heterocycles. The van der Waals surface area contributed by atoms with Gasteiger partial charge in [0.15, 0.2) is 0 Å². The zero-order valence-electron chi connectivity index (χ0n) is 14.5. The third kappa shape index (κ3) is 3.70. The van der Waals surface area contributed by atoms with E-state index in [4.69, 9.17) is 9.47 Å². The molecule has 0 radical (unpaired) electrons. The second-order valence-electron chi connectivity index (χ2n) is 6.05. The van der Waals surface area contributed by atoms with Crippen LogP contribution >= 0.6 is 0 Å². The normalized spacial score (nSPS) is 15.2. The number of likely N-dealkylation sites (tertiary alicyclic amines) is 1. The van der Waals surface area contributed by atoms with E-state index in [1.807, 2.05) is 18.2 Å². The van der Waals surface area contributed by atoms with Gasteiger partial charge in [-0.2, -0.15) is 0 Å². The number of aromatic nitrogens is 1. The molecule has 2 aromatic rings. The highest BCUT2D eigenvalue weighted by Crippen LogP contribution is 2.23. The van der Waals surface area contributed by atoms with Gasteiger partial charge in [-0.3, -0.25) is 4.79 Å². The standard InChI is InChI=1S/C18H23N3O4/c1-3-25-18(23)21-8-6-12(7-9-21)20-17(22)15-11-19-16-10-13(24-2)4-5-14(15)16/h4-5,10-12,19H,3,6-9H2,1-2H3,(H,20,22). The third-order valence-corrected chi connectivity index (χ3v) is 4.49. The second-order valence-corrected chi connectivity index (χ2v) is 6.05. The number of rotatable bonds is 4. The van der Waals surface area contributed by atoms with Gasteiger partial charge in [0.1, 0.15) is 5.75 Å². The van der Waals surface area contributed by atoms with Crippen molar-refractivity contribution in [1.82, 2.24) is 15.2 Å². The maximum absolute atomic E-state index is 12.6. The molecule has 0 saturated carbocycles. The quantitative estimate of drug-likeness (QED) is 0.892. The highest BCUT2D eigenvalue weighted by Gasteiger charge is 2.25. The van der Waals surface area contributed by atoms with E-state index in [-0.39, 0.29) is 18.0 Å². The summed E-state index contributed by atoms with van der Waals surface area (Å²) < 4.78 is 10.2. The Labute approximate surface area is 146 Å². The van der Waals surface area contributed by atoms with Crippen molar-refractivity contribution in [2.75, 3.05) is 26.8 Å². The SMILES string of the molecule is CCOC(=O)N1CCC(NC(=O)c2c[nH]c3cc(OC)ccc23)CC1. The Morgan fingerprint density at radius 1 is 1.32 bits per heavy atom. The summed E-state index contributed by atoms with van der Waals surface area (Å²) in [7, 11) is 1.61. The van der Waals surface area contributed by atoms with Crippen molar-refractivity contribution in [2.45, 2.75) is 25.8 Å². The van der Waals surface area contributed by atoms with Crippen LogP contribution in [0.1, 0.15) is 30.1 Å². The number of nitrogens with one attached hydrogen (secondary N) is 2. The minimum Gasteiger partial charge on any atom is -0.497 e. The number of nitrogens with zero attached hydrogens (tertiary/aromatic N) is 1. The molecule has 1 aliphatic rings. The molecule has 3 rings (SSSR count). The van der Waals surface area contributed by atoms with Crippen LogP contribution in [-0.2, 0) is 4.74 Å². The lowest BCUT2D eigenvalue weighted by Crippen LogP contribution is -2.46. The van der Waals surface area contributed by atoms with Gasteiger partial charge < -0.3 is 24.7 Å². The molecule has 7 heteroatoms. The summed E-state index contributed by atoms with van der Waals surface area (Å²) in [6.07, 6.45) is 2.88. The minimum absolute atomic E-state index is 0.0568. The van der Waals surface area contributed by atoms with Gasteiger partial charge in [0.2, 0.25) is 0 Å². The number of hydrogen-bond acceptors (Lipinski definition) is 4. The van der Waals surface area contributed by atoms with Crippen LogP contribution < -0.4 is 10.1 Å². The molecule has 134 valence electrons. The lowest BCUT2D eigenvalue weighted by molar-refractivity contribution is 0.0861. The molecule has 0 spiro atoms. The van der Waals surface area contributed by atoms with Crippen molar-refractivity contribution in [2.24, 2.45) is 0 Å². The maximum Gasteiger partial charge on any atom is 0.409 e. The van der Waals surface area contributed by atoms with Crippen LogP contribution in [0.4, 0.5) is 4.79 Å². The molecule has 2 N–H and O–H groups in total. The van der Waals surface area contributed by atoms with Gasteiger partial charge in [-0.05, 0) is 31.9 Å². The molecule has 0 unspecified atom stereocenters. The minimum atomic E-state index is -0.280. The van der Waals surface area contributed by atoms with E-state index in [9.17, 15) is 9.59 Å². The summed E-state index contributed by atoms with van der Waals surface area (Å²) in [5, 5.41) is 3.93. The van der Waals surface area contributed by atoms with E-state index in [1.165, 1.54) is 0 Å². The number of piperidine rings is 1. The summed E-state index contributed by atoms with van der Waals surface area (Å²) in [5.74, 6) is 0.638. The second kappa shape index (κ2) is 7.46. The molecule has 0 aliphatic carbocycles. The zero-order chi connectivity index (χ0) is 17.8. The fourth-order valence-electron chi connectivity index (χ4n) is 3.10. The average molecular weight is 345 g/mol. The van der Waals surface area contributed by atoms with Gasteiger partial charge in [-0.25, -0.2) is 4.79 Å². The number of hydrogen-bond donors (Lipinski definition) is 2. The van der Waals surface area contributed by atoms with Gasteiger partial charge in [-0.15, -0.1) is 0 Å². The van der Waals surface area contributed by atoms with Crippen LogP contribution in [0.25, 0.3) is 10.9 Å². The maximum atomic E-state index is 12.6. The number of fused-ring (bicyclic) bond motifs is 1. The first-order valence-electron chi connectivity index (χ1n) is 8.50. The number of aromatic amines is 1. The Morgan fingerprint density at radius 2 is 2.08 bits per heavy atom. The Hall–Kier alpha value is -2.70. The predicted molar refractivity (Wildman–Crippen MR) is 93.9 cm³/mol. The fourth-order valence-corrected chi connectivity index (χ4v) is 3.10. The van der Waals surface area contributed by atoms with Crippen LogP contribution in [0.5, 0.6) is 5.75 Å². The van der Waals surface area contributed by atoms with E-state index in [0.29, 0.717) is 25.3 Å². The van der Waals surface area contributed by atoms with Crippen molar-refractivity contribution in [3.05, 3.63) is 30.0 Å². The summed E-state index contributed by atoms with van der Waals surface area (Å²) >= 11 is 0. The lowest BCUT2D eigenvalue weighted by Gasteiger charge is -2.31. The van der Waals surface area contributed by atoms with Gasteiger partial charge in [0, 0.05) is 42.3 Å². The predicted octanol–water partition coefficient (Wildman–Crippen LogP) is 2.53. The monoisotopic (exact) mass is 345 g/mol. The molecule has 1 saturated heterocycles. The van der Waals surface area contributed by atoms with Crippen molar-refractivity contribution in [1.29, 1.82) is 0 Å². The fraction of sp³-hybridized carbons (Fsp3) is 0.444. The molecule has 25 heavy (non-hydrogen) atoms. The lowest BCUT2D eigenvalue weighted by atomic mass is 10.0. The summed E-state index contributed by atoms with van der Waals surface area (Å²) in [6.45, 7) is 3.35. The van der Waals surface area contributed by atoms with Crippen molar-refractivity contribution in [3.8, 4) is 5.75 Å². The largest absolute Gasteiger partial charge is 0.497 e. The number of carbonyl (C=O) groups excluding carboxylic acids is 2.